The number of para-hydroxylation sites is 1. The third-order valence-corrected chi connectivity index (χ3v) is 3.73. The standard InChI is InChI=1S/C18H15FN4O/c1-18(2,10-20)17(24)21-12-8-6-11(7-9-12)16-22-14-5-3-4-13(19)15(14)23-16/h3-9H,1-2H3,(H,21,24)(H,22,23). The van der Waals surface area contributed by atoms with Crippen molar-refractivity contribution in [3.05, 3.63) is 48.3 Å². The van der Waals surface area contributed by atoms with Gasteiger partial charge in [0.25, 0.3) is 0 Å². The van der Waals surface area contributed by atoms with Gasteiger partial charge in [0.2, 0.25) is 5.91 Å². The topological polar surface area (TPSA) is 81.6 Å². The van der Waals surface area contributed by atoms with E-state index in [0.717, 1.165) is 5.56 Å². The summed E-state index contributed by atoms with van der Waals surface area (Å²) in [5, 5.41) is 11.7. The first-order valence-corrected chi connectivity index (χ1v) is 7.38. The normalized spacial score (nSPS) is 11.2. The fraction of sp³-hybridized carbons (Fsp3) is 0.167. The van der Waals surface area contributed by atoms with Gasteiger partial charge in [0, 0.05) is 11.3 Å². The number of halogens is 1. The second kappa shape index (κ2) is 5.78. The molecule has 6 heteroatoms. The quantitative estimate of drug-likeness (QED) is 0.768. The van der Waals surface area contributed by atoms with Gasteiger partial charge in [-0.3, -0.25) is 4.79 Å². The number of nitriles is 1. The molecule has 0 saturated carbocycles. The van der Waals surface area contributed by atoms with Gasteiger partial charge in [0.15, 0.2) is 5.82 Å². The third kappa shape index (κ3) is 2.84. The van der Waals surface area contributed by atoms with Crippen molar-refractivity contribution >= 4 is 22.6 Å². The molecule has 0 spiro atoms. The molecule has 24 heavy (non-hydrogen) atoms. The van der Waals surface area contributed by atoms with E-state index in [1.807, 2.05) is 6.07 Å². The summed E-state index contributed by atoms with van der Waals surface area (Å²) in [5.74, 6) is -0.202. The first kappa shape index (κ1) is 15.7. The molecule has 0 atom stereocenters. The maximum absolute atomic E-state index is 13.7. The number of hydrogen-bond acceptors (Lipinski definition) is 3. The lowest BCUT2D eigenvalue weighted by Crippen LogP contribution is -2.29. The molecule has 2 N–H and O–H groups in total. The van der Waals surface area contributed by atoms with Crippen molar-refractivity contribution in [3.63, 3.8) is 0 Å². The largest absolute Gasteiger partial charge is 0.338 e. The number of anilines is 1. The predicted octanol–water partition coefficient (Wildman–Crippen LogP) is 3.86. The molecule has 1 amide bonds. The van der Waals surface area contributed by atoms with Gasteiger partial charge in [0.05, 0.1) is 11.6 Å². The summed E-state index contributed by atoms with van der Waals surface area (Å²) in [7, 11) is 0. The van der Waals surface area contributed by atoms with Crippen LogP contribution in [0.1, 0.15) is 13.8 Å². The van der Waals surface area contributed by atoms with Gasteiger partial charge in [-0.05, 0) is 50.2 Å². The Hall–Kier alpha value is -3.20. The number of carbonyl (C=O) groups is 1. The van der Waals surface area contributed by atoms with E-state index in [0.29, 0.717) is 22.5 Å². The molecule has 3 aromatic rings. The van der Waals surface area contributed by atoms with Crippen LogP contribution in [0.4, 0.5) is 10.1 Å². The van der Waals surface area contributed by atoms with Crippen LogP contribution in [-0.2, 0) is 4.79 Å². The Kier molecular flexibility index (Phi) is 3.78. The zero-order valence-corrected chi connectivity index (χ0v) is 13.2. The predicted molar refractivity (Wildman–Crippen MR) is 89.5 cm³/mol. The van der Waals surface area contributed by atoms with Crippen LogP contribution in [0.15, 0.2) is 42.5 Å². The lowest BCUT2D eigenvalue weighted by atomic mass is 9.94. The highest BCUT2D eigenvalue weighted by Crippen LogP contribution is 2.24. The monoisotopic (exact) mass is 322 g/mol. The number of benzene rings is 2. The molecular weight excluding hydrogens is 307 g/mol. The molecule has 2 aromatic carbocycles. The minimum atomic E-state index is -1.10. The average molecular weight is 322 g/mol. The van der Waals surface area contributed by atoms with E-state index >= 15 is 0 Å². The van der Waals surface area contributed by atoms with Gasteiger partial charge in [-0.1, -0.05) is 6.07 Å². The van der Waals surface area contributed by atoms with Crippen molar-refractivity contribution in [2.75, 3.05) is 5.32 Å². The second-order valence-corrected chi connectivity index (χ2v) is 5.99. The summed E-state index contributed by atoms with van der Waals surface area (Å²) in [4.78, 5) is 19.3. The van der Waals surface area contributed by atoms with E-state index in [9.17, 15) is 9.18 Å². The molecule has 0 aliphatic carbocycles. The van der Waals surface area contributed by atoms with Crippen molar-refractivity contribution in [1.82, 2.24) is 9.97 Å². The number of fused-ring (bicyclic) bond motifs is 1. The van der Waals surface area contributed by atoms with E-state index < -0.39 is 5.41 Å². The molecule has 120 valence electrons. The van der Waals surface area contributed by atoms with E-state index in [1.54, 1.807) is 50.2 Å². The smallest absolute Gasteiger partial charge is 0.244 e. The molecule has 0 aliphatic heterocycles. The van der Waals surface area contributed by atoms with Crippen LogP contribution in [0.2, 0.25) is 0 Å². The molecule has 3 rings (SSSR count). The number of amides is 1. The highest BCUT2D eigenvalue weighted by atomic mass is 19.1. The van der Waals surface area contributed by atoms with Gasteiger partial charge < -0.3 is 10.3 Å². The Balaban J connectivity index is 1.85. The van der Waals surface area contributed by atoms with Crippen molar-refractivity contribution in [1.29, 1.82) is 5.26 Å². The maximum atomic E-state index is 13.7. The first-order valence-electron chi connectivity index (χ1n) is 7.38. The summed E-state index contributed by atoms with van der Waals surface area (Å²) in [6.07, 6.45) is 0. The van der Waals surface area contributed by atoms with Crippen LogP contribution >= 0.6 is 0 Å². The summed E-state index contributed by atoms with van der Waals surface area (Å²) in [6.45, 7) is 3.11. The van der Waals surface area contributed by atoms with Crippen LogP contribution < -0.4 is 5.32 Å². The number of nitrogens with one attached hydrogen (secondary N) is 2. The third-order valence-electron chi connectivity index (χ3n) is 3.73. The number of imidazole rings is 1. The van der Waals surface area contributed by atoms with Crippen LogP contribution in [0.25, 0.3) is 22.4 Å². The number of aromatic amines is 1. The summed E-state index contributed by atoms with van der Waals surface area (Å²) in [6, 6.07) is 13.7. The number of carbonyl (C=O) groups excluding carboxylic acids is 1. The van der Waals surface area contributed by atoms with Crippen molar-refractivity contribution in [2.45, 2.75) is 13.8 Å². The Morgan fingerprint density at radius 1 is 1.25 bits per heavy atom. The van der Waals surface area contributed by atoms with Gasteiger partial charge in [-0.25, -0.2) is 9.37 Å². The van der Waals surface area contributed by atoms with Crippen LogP contribution in [0, 0.1) is 22.6 Å². The molecule has 0 saturated heterocycles. The zero-order valence-electron chi connectivity index (χ0n) is 13.2. The number of nitrogens with zero attached hydrogens (tertiary/aromatic N) is 2. The average Bonchev–Trinajstić information content (AvgIpc) is 3.01. The Morgan fingerprint density at radius 3 is 2.58 bits per heavy atom. The molecule has 0 unspecified atom stereocenters. The minimum absolute atomic E-state index is 0.292. The number of H-pyrrole nitrogens is 1. The Labute approximate surface area is 138 Å². The van der Waals surface area contributed by atoms with E-state index in [1.165, 1.54) is 6.07 Å². The fourth-order valence-corrected chi connectivity index (χ4v) is 2.18. The lowest BCUT2D eigenvalue weighted by molar-refractivity contribution is -0.121. The van der Waals surface area contributed by atoms with E-state index in [4.69, 9.17) is 5.26 Å². The van der Waals surface area contributed by atoms with Gasteiger partial charge >= 0.3 is 0 Å². The van der Waals surface area contributed by atoms with Crippen molar-refractivity contribution in [3.8, 4) is 17.5 Å². The highest BCUT2D eigenvalue weighted by Gasteiger charge is 2.27. The second-order valence-electron chi connectivity index (χ2n) is 5.99. The minimum Gasteiger partial charge on any atom is -0.338 e. The SMILES string of the molecule is CC(C)(C#N)C(=O)Nc1ccc(-c2nc3c(F)cccc3[nH]2)cc1. The zero-order chi connectivity index (χ0) is 17.3. The maximum Gasteiger partial charge on any atom is 0.244 e. The molecule has 1 heterocycles. The first-order chi connectivity index (χ1) is 11.4. The van der Waals surface area contributed by atoms with E-state index in [-0.39, 0.29) is 11.7 Å². The summed E-state index contributed by atoms with van der Waals surface area (Å²) >= 11 is 0. The number of rotatable bonds is 3. The van der Waals surface area contributed by atoms with Gasteiger partial charge in [-0.15, -0.1) is 0 Å². The molecular formula is C18H15FN4O. The Morgan fingerprint density at radius 2 is 1.96 bits per heavy atom. The van der Waals surface area contributed by atoms with Gasteiger partial charge in [0.1, 0.15) is 16.8 Å². The van der Waals surface area contributed by atoms with E-state index in [2.05, 4.69) is 15.3 Å². The van der Waals surface area contributed by atoms with Crippen LogP contribution in [0.5, 0.6) is 0 Å². The Bertz CT molecular complexity index is 951. The van der Waals surface area contributed by atoms with Crippen LogP contribution in [-0.4, -0.2) is 15.9 Å². The van der Waals surface area contributed by atoms with Crippen LogP contribution in [0.3, 0.4) is 0 Å². The van der Waals surface area contributed by atoms with Gasteiger partial charge in [-0.2, -0.15) is 5.26 Å². The molecule has 0 aliphatic rings. The molecule has 0 bridgehead atoms. The lowest BCUT2D eigenvalue weighted by Gasteiger charge is -2.15. The van der Waals surface area contributed by atoms with Crippen molar-refractivity contribution in [2.24, 2.45) is 5.41 Å². The number of hydrogen-bond donors (Lipinski definition) is 2. The highest BCUT2D eigenvalue weighted by molar-refractivity contribution is 5.96. The molecule has 5 nitrogen and oxygen atoms in total. The number of aromatic nitrogens is 2. The molecule has 1 aromatic heterocycles. The summed E-state index contributed by atoms with van der Waals surface area (Å²) in [5.41, 5.74) is 1.16. The summed E-state index contributed by atoms with van der Waals surface area (Å²) < 4.78 is 13.7. The molecule has 0 radical (unpaired) electrons. The van der Waals surface area contributed by atoms with Crippen molar-refractivity contribution < 1.29 is 9.18 Å². The fourth-order valence-electron chi connectivity index (χ4n) is 2.18. The molecule has 0 fully saturated rings.